The van der Waals surface area contributed by atoms with E-state index in [0.29, 0.717) is 5.75 Å². The smallest absolute Gasteiger partial charge is 0.347 e. The third-order valence-electron chi connectivity index (χ3n) is 1.83. The van der Waals surface area contributed by atoms with Crippen LogP contribution in [0, 0.1) is 0 Å². The maximum atomic E-state index is 11.8. The van der Waals surface area contributed by atoms with Gasteiger partial charge in [0.1, 0.15) is 6.54 Å². The van der Waals surface area contributed by atoms with E-state index in [9.17, 15) is 18.0 Å². The highest BCUT2D eigenvalue weighted by Gasteiger charge is 2.27. The number of thioether (sulfide) groups is 1. The predicted molar refractivity (Wildman–Crippen MR) is 60.8 cm³/mol. The quantitative estimate of drug-likeness (QED) is 0.828. The number of amides is 1. The van der Waals surface area contributed by atoms with Gasteiger partial charge in [0.25, 0.3) is 0 Å². The number of hydrogen-bond donors (Lipinski definition) is 1. The largest absolute Gasteiger partial charge is 0.405 e. The van der Waals surface area contributed by atoms with Gasteiger partial charge in [-0.15, -0.1) is 11.8 Å². The van der Waals surface area contributed by atoms with E-state index in [0.717, 1.165) is 4.90 Å². The zero-order chi connectivity index (χ0) is 12.7. The molecule has 0 aliphatic rings. The summed E-state index contributed by atoms with van der Waals surface area (Å²) in [6, 6.07) is 9.38. The standard InChI is InChI=1S/C11H12F3NOS/c12-11(13,14)8-15-10(16)6-7-17-9-4-2-1-3-5-9/h1-5H,6-8H2,(H,15,16). The van der Waals surface area contributed by atoms with Crippen LogP contribution in [-0.2, 0) is 4.79 Å². The Morgan fingerprint density at radius 2 is 1.88 bits per heavy atom. The number of alkyl halides is 3. The minimum Gasteiger partial charge on any atom is -0.347 e. The SMILES string of the molecule is O=C(CCSc1ccccc1)NCC(F)(F)F. The first-order valence-electron chi connectivity index (χ1n) is 4.99. The number of nitrogens with one attached hydrogen (secondary N) is 1. The molecule has 1 aromatic rings. The number of hydrogen-bond acceptors (Lipinski definition) is 2. The molecule has 0 heterocycles. The molecule has 1 aromatic carbocycles. The van der Waals surface area contributed by atoms with E-state index < -0.39 is 18.6 Å². The summed E-state index contributed by atoms with van der Waals surface area (Å²) in [5, 5.41) is 1.83. The van der Waals surface area contributed by atoms with Crippen molar-refractivity contribution in [1.82, 2.24) is 5.32 Å². The average molecular weight is 263 g/mol. The molecule has 0 saturated carbocycles. The predicted octanol–water partition coefficient (Wildman–Crippen LogP) is 2.85. The van der Waals surface area contributed by atoms with Crippen molar-refractivity contribution in [2.45, 2.75) is 17.5 Å². The topological polar surface area (TPSA) is 29.1 Å². The van der Waals surface area contributed by atoms with Crippen molar-refractivity contribution in [3.8, 4) is 0 Å². The molecule has 0 bridgehead atoms. The second-order valence-corrected chi connectivity index (χ2v) is 4.47. The number of rotatable bonds is 5. The molecule has 0 fully saturated rings. The molecule has 17 heavy (non-hydrogen) atoms. The van der Waals surface area contributed by atoms with E-state index in [4.69, 9.17) is 0 Å². The van der Waals surface area contributed by atoms with Gasteiger partial charge in [-0.25, -0.2) is 0 Å². The molecule has 0 aromatic heterocycles. The van der Waals surface area contributed by atoms with E-state index in [2.05, 4.69) is 0 Å². The van der Waals surface area contributed by atoms with Crippen molar-refractivity contribution in [3.05, 3.63) is 30.3 Å². The number of benzene rings is 1. The first kappa shape index (κ1) is 13.9. The van der Waals surface area contributed by atoms with Crippen molar-refractivity contribution < 1.29 is 18.0 Å². The van der Waals surface area contributed by atoms with Gasteiger partial charge >= 0.3 is 6.18 Å². The van der Waals surface area contributed by atoms with Crippen LogP contribution in [0.15, 0.2) is 35.2 Å². The molecule has 0 spiro atoms. The zero-order valence-corrected chi connectivity index (χ0v) is 9.77. The normalized spacial score (nSPS) is 11.2. The summed E-state index contributed by atoms with van der Waals surface area (Å²) >= 11 is 1.44. The molecule has 1 rings (SSSR count). The molecule has 94 valence electrons. The van der Waals surface area contributed by atoms with Crippen LogP contribution in [0.4, 0.5) is 13.2 Å². The number of carbonyl (C=O) groups excluding carboxylic acids is 1. The van der Waals surface area contributed by atoms with E-state index in [1.54, 1.807) is 0 Å². The van der Waals surface area contributed by atoms with E-state index in [1.807, 2.05) is 35.6 Å². The minimum atomic E-state index is -4.35. The van der Waals surface area contributed by atoms with Gasteiger partial charge in [-0.05, 0) is 12.1 Å². The Morgan fingerprint density at radius 3 is 2.47 bits per heavy atom. The van der Waals surface area contributed by atoms with Crippen molar-refractivity contribution >= 4 is 17.7 Å². The third-order valence-corrected chi connectivity index (χ3v) is 2.84. The molecule has 0 atom stereocenters. The van der Waals surface area contributed by atoms with Crippen molar-refractivity contribution in [1.29, 1.82) is 0 Å². The van der Waals surface area contributed by atoms with E-state index in [-0.39, 0.29) is 6.42 Å². The van der Waals surface area contributed by atoms with Crippen LogP contribution >= 0.6 is 11.8 Å². The van der Waals surface area contributed by atoms with Gasteiger partial charge in [0.15, 0.2) is 0 Å². The first-order valence-corrected chi connectivity index (χ1v) is 5.97. The molecule has 2 nitrogen and oxygen atoms in total. The molecular weight excluding hydrogens is 251 g/mol. The lowest BCUT2D eigenvalue weighted by atomic mass is 10.4. The Morgan fingerprint density at radius 1 is 1.24 bits per heavy atom. The lowest BCUT2D eigenvalue weighted by Crippen LogP contribution is -2.33. The van der Waals surface area contributed by atoms with E-state index >= 15 is 0 Å². The Labute approximate surface area is 102 Å². The van der Waals surface area contributed by atoms with Crippen LogP contribution in [0.5, 0.6) is 0 Å². The Hall–Kier alpha value is -1.17. The maximum Gasteiger partial charge on any atom is 0.405 e. The van der Waals surface area contributed by atoms with Gasteiger partial charge in [0.2, 0.25) is 5.91 Å². The molecule has 0 unspecified atom stereocenters. The second kappa shape index (κ2) is 6.54. The van der Waals surface area contributed by atoms with Gasteiger partial charge in [-0.3, -0.25) is 4.79 Å². The van der Waals surface area contributed by atoms with Gasteiger partial charge in [-0.2, -0.15) is 13.2 Å². The third kappa shape index (κ3) is 6.88. The fourth-order valence-electron chi connectivity index (χ4n) is 1.07. The highest BCUT2D eigenvalue weighted by atomic mass is 32.2. The summed E-state index contributed by atoms with van der Waals surface area (Å²) in [6.45, 7) is -1.26. The Balaban J connectivity index is 2.17. The van der Waals surface area contributed by atoms with Crippen LogP contribution in [-0.4, -0.2) is 24.4 Å². The second-order valence-electron chi connectivity index (χ2n) is 3.30. The van der Waals surface area contributed by atoms with Gasteiger partial charge in [0, 0.05) is 17.1 Å². The highest BCUT2D eigenvalue weighted by molar-refractivity contribution is 7.99. The molecule has 1 amide bonds. The Bertz CT molecular complexity index is 353. The summed E-state index contributed by atoms with van der Waals surface area (Å²) in [7, 11) is 0. The lowest BCUT2D eigenvalue weighted by molar-refractivity contribution is -0.138. The van der Waals surface area contributed by atoms with Crippen LogP contribution in [0.3, 0.4) is 0 Å². The zero-order valence-electron chi connectivity index (χ0n) is 8.96. The van der Waals surface area contributed by atoms with Crippen LogP contribution in [0.25, 0.3) is 0 Å². The number of carbonyl (C=O) groups is 1. The average Bonchev–Trinajstić information content (AvgIpc) is 2.27. The van der Waals surface area contributed by atoms with Crippen LogP contribution in [0.2, 0.25) is 0 Å². The molecule has 0 radical (unpaired) electrons. The van der Waals surface area contributed by atoms with Gasteiger partial charge < -0.3 is 5.32 Å². The minimum absolute atomic E-state index is 0.0790. The van der Waals surface area contributed by atoms with Crippen LogP contribution < -0.4 is 5.32 Å². The number of halogens is 3. The summed E-state index contributed by atoms with van der Waals surface area (Å²) in [5.74, 6) is -0.112. The molecule has 6 heteroatoms. The molecule has 1 N–H and O–H groups in total. The van der Waals surface area contributed by atoms with Crippen molar-refractivity contribution in [3.63, 3.8) is 0 Å². The van der Waals surface area contributed by atoms with Crippen molar-refractivity contribution in [2.24, 2.45) is 0 Å². The molecule has 0 saturated heterocycles. The Kier molecular flexibility index (Phi) is 5.34. The van der Waals surface area contributed by atoms with Gasteiger partial charge in [0.05, 0.1) is 0 Å². The lowest BCUT2D eigenvalue weighted by Gasteiger charge is -2.07. The summed E-state index contributed by atoms with van der Waals surface area (Å²) in [4.78, 5) is 12.1. The summed E-state index contributed by atoms with van der Waals surface area (Å²) in [6.07, 6.45) is -4.27. The first-order chi connectivity index (χ1) is 7.97. The van der Waals surface area contributed by atoms with E-state index in [1.165, 1.54) is 11.8 Å². The fraction of sp³-hybridized carbons (Fsp3) is 0.364. The van der Waals surface area contributed by atoms with Crippen LogP contribution in [0.1, 0.15) is 6.42 Å². The highest BCUT2D eigenvalue weighted by Crippen LogP contribution is 2.17. The fourth-order valence-corrected chi connectivity index (χ4v) is 1.94. The molecule has 0 aliphatic heterocycles. The summed E-state index contributed by atoms with van der Waals surface area (Å²) in [5.41, 5.74) is 0. The van der Waals surface area contributed by atoms with Crippen molar-refractivity contribution in [2.75, 3.05) is 12.3 Å². The summed E-state index contributed by atoms with van der Waals surface area (Å²) < 4.78 is 35.3. The molecule has 0 aliphatic carbocycles. The monoisotopic (exact) mass is 263 g/mol. The van der Waals surface area contributed by atoms with Gasteiger partial charge in [-0.1, -0.05) is 18.2 Å². The maximum absolute atomic E-state index is 11.8. The molecular formula is C11H12F3NOS.